The van der Waals surface area contributed by atoms with Gasteiger partial charge in [-0.15, -0.1) is 0 Å². The molecular formula is C20H24N2O4. The molecule has 2 heterocycles. The topological polar surface area (TPSA) is 63.0 Å². The number of rotatable bonds is 5. The van der Waals surface area contributed by atoms with Crippen LogP contribution in [0.1, 0.15) is 21.7 Å². The molecule has 0 N–H and O–H groups in total. The van der Waals surface area contributed by atoms with E-state index >= 15 is 0 Å². The van der Waals surface area contributed by atoms with Crippen molar-refractivity contribution in [1.29, 1.82) is 0 Å². The lowest BCUT2D eigenvalue weighted by Crippen LogP contribution is -2.49. The number of carbonyl (C=O) groups excluding carboxylic acids is 1. The van der Waals surface area contributed by atoms with Crippen LogP contribution in [0.25, 0.3) is 0 Å². The van der Waals surface area contributed by atoms with Crippen LogP contribution in [0, 0.1) is 13.8 Å². The maximum atomic E-state index is 12.6. The second-order valence-corrected chi connectivity index (χ2v) is 6.52. The Hall–Kier alpha value is -2.60. The highest BCUT2D eigenvalue weighted by Crippen LogP contribution is 2.12. The molecule has 138 valence electrons. The average molecular weight is 356 g/mol. The lowest BCUT2D eigenvalue weighted by molar-refractivity contribution is 0.0619. The predicted molar refractivity (Wildman–Crippen MR) is 98.7 cm³/mol. The van der Waals surface area contributed by atoms with Crippen molar-refractivity contribution >= 4 is 5.91 Å². The summed E-state index contributed by atoms with van der Waals surface area (Å²) in [5, 5.41) is 0. The second-order valence-electron chi connectivity index (χ2n) is 6.52. The molecule has 26 heavy (non-hydrogen) atoms. The smallest absolute Gasteiger partial charge is 0.253 e. The van der Waals surface area contributed by atoms with Crippen molar-refractivity contribution in [3.63, 3.8) is 0 Å². The van der Waals surface area contributed by atoms with Crippen molar-refractivity contribution in [2.75, 3.05) is 39.3 Å². The molecule has 0 aliphatic carbocycles. The van der Waals surface area contributed by atoms with Gasteiger partial charge >= 0.3 is 0 Å². The number of hydrogen-bond acceptors (Lipinski definition) is 5. The predicted octanol–water partition coefficient (Wildman–Crippen LogP) is 2.09. The van der Waals surface area contributed by atoms with E-state index in [9.17, 15) is 9.59 Å². The van der Waals surface area contributed by atoms with Gasteiger partial charge in [0, 0.05) is 44.4 Å². The minimum absolute atomic E-state index is 0.0853. The van der Waals surface area contributed by atoms with E-state index in [1.807, 2.05) is 36.1 Å². The van der Waals surface area contributed by atoms with E-state index in [0.717, 1.165) is 24.2 Å². The maximum absolute atomic E-state index is 12.6. The van der Waals surface area contributed by atoms with Crippen LogP contribution in [0.5, 0.6) is 5.75 Å². The van der Waals surface area contributed by atoms with Crippen LogP contribution in [-0.4, -0.2) is 55.0 Å². The van der Waals surface area contributed by atoms with Crippen LogP contribution in [0.4, 0.5) is 0 Å². The zero-order valence-corrected chi connectivity index (χ0v) is 15.2. The number of piperazine rings is 1. The summed E-state index contributed by atoms with van der Waals surface area (Å²) in [5.41, 5.74) is 1.67. The summed E-state index contributed by atoms with van der Waals surface area (Å²) in [5.74, 6) is 0.856. The van der Waals surface area contributed by atoms with E-state index in [4.69, 9.17) is 9.15 Å². The molecule has 0 radical (unpaired) electrons. The van der Waals surface area contributed by atoms with Crippen molar-refractivity contribution in [1.82, 2.24) is 9.80 Å². The number of benzene rings is 1. The minimum atomic E-state index is -0.165. The fourth-order valence-corrected chi connectivity index (χ4v) is 3.09. The Balaban J connectivity index is 1.47. The lowest BCUT2D eigenvalue weighted by Gasteiger charge is -2.34. The third kappa shape index (κ3) is 4.32. The summed E-state index contributed by atoms with van der Waals surface area (Å²) in [6.07, 6.45) is 1.37. The first kappa shape index (κ1) is 18.2. The van der Waals surface area contributed by atoms with Crippen molar-refractivity contribution < 1.29 is 13.9 Å². The summed E-state index contributed by atoms with van der Waals surface area (Å²) in [7, 11) is 0. The second kappa shape index (κ2) is 8.19. The molecule has 0 bridgehead atoms. The first-order chi connectivity index (χ1) is 12.5. The van der Waals surface area contributed by atoms with Gasteiger partial charge in [0.25, 0.3) is 5.91 Å². The molecule has 1 amide bonds. The molecule has 1 fully saturated rings. The maximum Gasteiger partial charge on any atom is 0.253 e. The molecule has 3 rings (SSSR count). The Bertz CT molecular complexity index is 823. The van der Waals surface area contributed by atoms with Crippen molar-refractivity contribution in [2.24, 2.45) is 0 Å². The number of nitrogens with zero attached hydrogens (tertiary/aromatic N) is 2. The van der Waals surface area contributed by atoms with Gasteiger partial charge in [-0.05, 0) is 26.0 Å². The summed E-state index contributed by atoms with van der Waals surface area (Å²) >= 11 is 0. The average Bonchev–Trinajstić information content (AvgIpc) is 2.64. The summed E-state index contributed by atoms with van der Waals surface area (Å²) < 4.78 is 10.8. The number of aryl methyl sites for hydroxylation is 2. The third-order valence-corrected chi connectivity index (χ3v) is 4.59. The Morgan fingerprint density at radius 2 is 1.92 bits per heavy atom. The number of ether oxygens (including phenoxy) is 1. The fourth-order valence-electron chi connectivity index (χ4n) is 3.09. The zero-order chi connectivity index (χ0) is 18.5. The van der Waals surface area contributed by atoms with Crippen molar-refractivity contribution in [3.05, 3.63) is 63.7 Å². The molecule has 6 heteroatoms. The quantitative estimate of drug-likeness (QED) is 0.821. The van der Waals surface area contributed by atoms with Gasteiger partial charge in [0.2, 0.25) is 11.2 Å². The van der Waals surface area contributed by atoms with E-state index in [-0.39, 0.29) is 17.1 Å². The SMILES string of the molecule is Cc1cccc(C(=O)N2CCN(CCOc3c(C)occc3=O)CC2)c1. The first-order valence-corrected chi connectivity index (χ1v) is 8.84. The molecule has 0 atom stereocenters. The van der Waals surface area contributed by atoms with Crippen LogP contribution >= 0.6 is 0 Å². The van der Waals surface area contributed by atoms with Gasteiger partial charge in [0.05, 0.1) is 6.26 Å². The van der Waals surface area contributed by atoms with E-state index in [0.29, 0.717) is 32.0 Å². The van der Waals surface area contributed by atoms with Gasteiger partial charge in [0.1, 0.15) is 12.4 Å². The van der Waals surface area contributed by atoms with E-state index < -0.39 is 0 Å². The van der Waals surface area contributed by atoms with Crippen molar-refractivity contribution in [3.8, 4) is 5.75 Å². The summed E-state index contributed by atoms with van der Waals surface area (Å²) in [6, 6.07) is 9.06. The fraction of sp³-hybridized carbons (Fsp3) is 0.400. The number of amides is 1. The number of carbonyl (C=O) groups is 1. The van der Waals surface area contributed by atoms with Gasteiger partial charge in [0.15, 0.2) is 0 Å². The monoisotopic (exact) mass is 356 g/mol. The minimum Gasteiger partial charge on any atom is -0.485 e. The Labute approximate surface area is 153 Å². The van der Waals surface area contributed by atoms with Gasteiger partial charge < -0.3 is 14.1 Å². The van der Waals surface area contributed by atoms with E-state index in [1.54, 1.807) is 6.92 Å². The lowest BCUT2D eigenvalue weighted by atomic mass is 10.1. The highest BCUT2D eigenvalue weighted by Gasteiger charge is 2.22. The largest absolute Gasteiger partial charge is 0.485 e. The molecular weight excluding hydrogens is 332 g/mol. The molecule has 2 aromatic rings. The third-order valence-electron chi connectivity index (χ3n) is 4.59. The highest BCUT2D eigenvalue weighted by atomic mass is 16.5. The molecule has 1 aliphatic rings. The Morgan fingerprint density at radius 1 is 1.15 bits per heavy atom. The molecule has 0 spiro atoms. The van der Waals surface area contributed by atoms with Gasteiger partial charge in [-0.3, -0.25) is 14.5 Å². The van der Waals surface area contributed by atoms with Crippen LogP contribution < -0.4 is 10.2 Å². The van der Waals surface area contributed by atoms with Gasteiger partial charge in [-0.1, -0.05) is 17.7 Å². The first-order valence-electron chi connectivity index (χ1n) is 8.84. The van der Waals surface area contributed by atoms with E-state index in [2.05, 4.69) is 4.90 Å². The standard InChI is InChI=1S/C20H24N2O4/c1-15-4-3-5-17(14-15)20(24)22-9-7-21(8-10-22)11-13-26-19-16(2)25-12-6-18(19)23/h3-6,12,14H,7-11,13H2,1-2H3. The molecule has 1 saturated heterocycles. The molecule has 1 aromatic carbocycles. The van der Waals surface area contributed by atoms with Crippen LogP contribution in [0.15, 0.2) is 45.8 Å². The Kier molecular flexibility index (Phi) is 5.73. The molecule has 1 aliphatic heterocycles. The van der Waals surface area contributed by atoms with Crippen LogP contribution in [0.2, 0.25) is 0 Å². The highest BCUT2D eigenvalue weighted by molar-refractivity contribution is 5.94. The van der Waals surface area contributed by atoms with Crippen LogP contribution in [0.3, 0.4) is 0 Å². The molecule has 1 aromatic heterocycles. The molecule has 0 saturated carbocycles. The van der Waals surface area contributed by atoms with E-state index in [1.165, 1.54) is 12.3 Å². The van der Waals surface area contributed by atoms with Gasteiger partial charge in [-0.2, -0.15) is 0 Å². The normalized spacial score (nSPS) is 15.1. The number of hydrogen-bond donors (Lipinski definition) is 0. The molecule has 0 unspecified atom stereocenters. The summed E-state index contributed by atoms with van der Waals surface area (Å²) in [4.78, 5) is 28.5. The van der Waals surface area contributed by atoms with Crippen LogP contribution in [-0.2, 0) is 0 Å². The Morgan fingerprint density at radius 3 is 2.62 bits per heavy atom. The summed E-state index contributed by atoms with van der Waals surface area (Å²) in [6.45, 7) is 7.81. The van der Waals surface area contributed by atoms with Crippen molar-refractivity contribution in [2.45, 2.75) is 13.8 Å². The zero-order valence-electron chi connectivity index (χ0n) is 15.2. The van der Waals surface area contributed by atoms with Gasteiger partial charge in [-0.25, -0.2) is 0 Å². The molecule has 6 nitrogen and oxygen atoms in total.